The van der Waals surface area contributed by atoms with Crippen LogP contribution >= 0.6 is 0 Å². The van der Waals surface area contributed by atoms with Crippen LogP contribution in [0.25, 0.3) is 0 Å². The van der Waals surface area contributed by atoms with Gasteiger partial charge in [0.1, 0.15) is 0 Å². The third-order valence-corrected chi connectivity index (χ3v) is 6.38. The van der Waals surface area contributed by atoms with E-state index in [0.717, 1.165) is 25.2 Å². The predicted molar refractivity (Wildman–Crippen MR) is 103 cm³/mol. The quantitative estimate of drug-likeness (QED) is 0.713. The molecular weight excluding hydrogens is 360 g/mol. The highest BCUT2D eigenvalue weighted by Crippen LogP contribution is 2.33. The predicted octanol–water partition coefficient (Wildman–Crippen LogP) is 3.51. The first-order chi connectivity index (χ1) is 12.9. The molecule has 6 heteroatoms. The lowest BCUT2D eigenvalue weighted by Gasteiger charge is -2.36. The standard InChI is InChI=1S/C21H24N2O3S/c1-18-7-9-20(10-8-18)27(24,25)26-17-21(16-22)11-13-23(14-12-21)15-19-5-3-2-4-6-19/h2-10H,11-15,17H2,1H3. The molecule has 2 aromatic rings. The van der Waals surface area contributed by atoms with Gasteiger partial charge in [0.25, 0.3) is 10.1 Å². The third-order valence-electron chi connectivity index (χ3n) is 5.10. The van der Waals surface area contributed by atoms with Gasteiger partial charge in [0.05, 0.1) is 23.0 Å². The Labute approximate surface area is 161 Å². The summed E-state index contributed by atoms with van der Waals surface area (Å²) < 4.78 is 30.1. The average molecular weight is 385 g/mol. The number of likely N-dealkylation sites (tertiary alicyclic amines) is 1. The van der Waals surface area contributed by atoms with Crippen LogP contribution in [-0.2, 0) is 20.8 Å². The fourth-order valence-corrected chi connectivity index (χ4v) is 4.22. The number of hydrogen-bond donors (Lipinski definition) is 0. The minimum Gasteiger partial charge on any atom is -0.299 e. The molecule has 142 valence electrons. The van der Waals surface area contributed by atoms with Crippen molar-refractivity contribution in [3.05, 3.63) is 65.7 Å². The molecule has 2 aromatic carbocycles. The van der Waals surface area contributed by atoms with Crippen molar-refractivity contribution in [1.29, 1.82) is 5.26 Å². The number of benzene rings is 2. The summed E-state index contributed by atoms with van der Waals surface area (Å²) in [6.07, 6.45) is 1.19. The zero-order valence-electron chi connectivity index (χ0n) is 15.5. The Morgan fingerprint density at radius 3 is 2.30 bits per heavy atom. The Balaban J connectivity index is 1.59. The van der Waals surface area contributed by atoms with Crippen molar-refractivity contribution in [2.75, 3.05) is 19.7 Å². The van der Waals surface area contributed by atoms with Crippen molar-refractivity contribution >= 4 is 10.1 Å². The molecule has 0 amide bonds. The second-order valence-electron chi connectivity index (χ2n) is 7.18. The molecule has 1 heterocycles. The third kappa shape index (κ3) is 4.95. The van der Waals surface area contributed by atoms with Crippen LogP contribution < -0.4 is 0 Å². The van der Waals surface area contributed by atoms with E-state index in [9.17, 15) is 13.7 Å². The summed E-state index contributed by atoms with van der Waals surface area (Å²) >= 11 is 0. The molecule has 1 fully saturated rings. The molecule has 0 unspecified atom stereocenters. The van der Waals surface area contributed by atoms with Gasteiger partial charge in [-0.1, -0.05) is 48.0 Å². The Morgan fingerprint density at radius 2 is 1.70 bits per heavy atom. The van der Waals surface area contributed by atoms with Crippen LogP contribution in [0.1, 0.15) is 24.0 Å². The molecule has 5 nitrogen and oxygen atoms in total. The summed E-state index contributed by atoms with van der Waals surface area (Å²) in [6, 6.07) is 19.1. The van der Waals surface area contributed by atoms with Crippen LogP contribution in [0.4, 0.5) is 0 Å². The molecule has 0 N–H and O–H groups in total. The van der Waals surface area contributed by atoms with Crippen molar-refractivity contribution in [1.82, 2.24) is 4.90 Å². The Kier molecular flexibility index (Phi) is 5.95. The molecule has 0 atom stereocenters. The van der Waals surface area contributed by atoms with Gasteiger partial charge >= 0.3 is 0 Å². The Bertz CT molecular complexity index is 895. The van der Waals surface area contributed by atoms with E-state index in [0.29, 0.717) is 12.8 Å². The molecule has 0 spiro atoms. The minimum absolute atomic E-state index is 0.0983. The molecule has 1 aliphatic heterocycles. The van der Waals surface area contributed by atoms with Crippen LogP contribution in [0.2, 0.25) is 0 Å². The fraction of sp³-hybridized carbons (Fsp3) is 0.381. The summed E-state index contributed by atoms with van der Waals surface area (Å²) in [7, 11) is -3.85. The largest absolute Gasteiger partial charge is 0.299 e. The molecule has 1 aliphatic rings. The topological polar surface area (TPSA) is 70.4 Å². The lowest BCUT2D eigenvalue weighted by Crippen LogP contribution is -2.41. The van der Waals surface area contributed by atoms with Crippen molar-refractivity contribution in [3.63, 3.8) is 0 Å². The molecule has 0 radical (unpaired) electrons. The van der Waals surface area contributed by atoms with Gasteiger partial charge in [-0.25, -0.2) is 0 Å². The van der Waals surface area contributed by atoms with Crippen LogP contribution in [0.3, 0.4) is 0 Å². The van der Waals surface area contributed by atoms with Crippen molar-refractivity contribution in [2.45, 2.75) is 31.2 Å². The lowest BCUT2D eigenvalue weighted by atomic mass is 9.80. The monoisotopic (exact) mass is 384 g/mol. The number of nitriles is 1. The van der Waals surface area contributed by atoms with Gasteiger partial charge in [0.2, 0.25) is 0 Å². The van der Waals surface area contributed by atoms with E-state index in [-0.39, 0.29) is 11.5 Å². The van der Waals surface area contributed by atoms with Crippen LogP contribution in [0, 0.1) is 23.7 Å². The summed E-state index contributed by atoms with van der Waals surface area (Å²) in [5, 5.41) is 9.68. The Hall–Kier alpha value is -2.20. The molecule has 0 bridgehead atoms. The summed E-state index contributed by atoms with van der Waals surface area (Å²) in [6.45, 7) is 4.13. The smallest absolute Gasteiger partial charge is 0.297 e. The lowest BCUT2D eigenvalue weighted by molar-refractivity contribution is 0.0948. The maximum Gasteiger partial charge on any atom is 0.297 e. The normalized spacial score (nSPS) is 17.3. The van der Waals surface area contributed by atoms with Crippen molar-refractivity contribution < 1.29 is 12.6 Å². The number of nitrogens with zero attached hydrogens (tertiary/aromatic N) is 2. The van der Waals surface area contributed by atoms with E-state index in [1.165, 1.54) is 17.7 Å². The highest BCUT2D eigenvalue weighted by molar-refractivity contribution is 7.86. The van der Waals surface area contributed by atoms with Gasteiger partial charge in [-0.05, 0) is 37.5 Å². The zero-order chi connectivity index (χ0) is 19.3. The maximum absolute atomic E-state index is 12.4. The average Bonchev–Trinajstić information content (AvgIpc) is 2.69. The van der Waals surface area contributed by atoms with Gasteiger partial charge in [-0.3, -0.25) is 9.08 Å². The fourth-order valence-electron chi connectivity index (χ4n) is 3.23. The van der Waals surface area contributed by atoms with E-state index < -0.39 is 15.5 Å². The molecule has 3 rings (SSSR count). The summed E-state index contributed by atoms with van der Waals surface area (Å²) in [4.78, 5) is 2.42. The van der Waals surface area contributed by atoms with E-state index in [4.69, 9.17) is 4.18 Å². The second kappa shape index (κ2) is 8.22. The first-order valence-corrected chi connectivity index (χ1v) is 10.5. The van der Waals surface area contributed by atoms with Crippen LogP contribution in [-0.4, -0.2) is 33.0 Å². The van der Waals surface area contributed by atoms with Crippen molar-refractivity contribution in [3.8, 4) is 6.07 Å². The second-order valence-corrected chi connectivity index (χ2v) is 8.80. The number of rotatable bonds is 6. The molecule has 0 aromatic heterocycles. The molecule has 0 aliphatic carbocycles. The summed E-state index contributed by atoms with van der Waals surface area (Å²) in [5.41, 5.74) is 1.46. The number of aryl methyl sites for hydroxylation is 1. The molecule has 0 saturated carbocycles. The van der Waals surface area contributed by atoms with E-state index in [1.807, 2.05) is 25.1 Å². The minimum atomic E-state index is -3.85. The van der Waals surface area contributed by atoms with E-state index in [2.05, 4.69) is 23.1 Å². The van der Waals surface area contributed by atoms with E-state index in [1.54, 1.807) is 12.1 Å². The van der Waals surface area contributed by atoms with Crippen molar-refractivity contribution in [2.24, 2.45) is 5.41 Å². The molecular formula is C21H24N2O3S. The number of piperidine rings is 1. The first kappa shape index (κ1) is 19.6. The van der Waals surface area contributed by atoms with Gasteiger partial charge in [-0.2, -0.15) is 13.7 Å². The molecule has 1 saturated heterocycles. The van der Waals surface area contributed by atoms with Crippen LogP contribution in [0.5, 0.6) is 0 Å². The Morgan fingerprint density at radius 1 is 1.07 bits per heavy atom. The SMILES string of the molecule is Cc1ccc(S(=O)(=O)OCC2(C#N)CCN(Cc3ccccc3)CC2)cc1. The molecule has 27 heavy (non-hydrogen) atoms. The van der Waals surface area contributed by atoms with Gasteiger partial charge < -0.3 is 0 Å². The highest BCUT2D eigenvalue weighted by atomic mass is 32.2. The van der Waals surface area contributed by atoms with E-state index >= 15 is 0 Å². The zero-order valence-corrected chi connectivity index (χ0v) is 16.3. The maximum atomic E-state index is 12.4. The highest BCUT2D eigenvalue weighted by Gasteiger charge is 2.37. The first-order valence-electron chi connectivity index (χ1n) is 9.06. The summed E-state index contributed by atoms with van der Waals surface area (Å²) in [5.74, 6) is 0. The van der Waals surface area contributed by atoms with Gasteiger partial charge in [0.15, 0.2) is 0 Å². The van der Waals surface area contributed by atoms with Gasteiger partial charge in [-0.15, -0.1) is 0 Å². The van der Waals surface area contributed by atoms with Crippen LogP contribution in [0.15, 0.2) is 59.5 Å². The van der Waals surface area contributed by atoms with Gasteiger partial charge in [0, 0.05) is 19.6 Å². The number of hydrogen-bond acceptors (Lipinski definition) is 5.